The molecule has 2 rings (SSSR count). The van der Waals surface area contributed by atoms with E-state index in [1.54, 1.807) is 0 Å². The van der Waals surface area contributed by atoms with Crippen molar-refractivity contribution in [2.75, 3.05) is 6.54 Å². The standard InChI is InChI=1S/C17H28N2O2/c1-5-6-18-10-15-11-19-12(2)7-17(15)21-16-8-13(3)20-14(4)9-16/h7,11,13-14,16,18H,5-6,8-10H2,1-4H3. The largest absolute Gasteiger partial charge is 0.490 e. The number of hydrogen-bond donors (Lipinski definition) is 1. The number of aryl methyl sites for hydroxylation is 1. The van der Waals surface area contributed by atoms with Crippen molar-refractivity contribution >= 4 is 0 Å². The third-order valence-electron chi connectivity index (χ3n) is 3.77. The number of aromatic nitrogens is 1. The maximum absolute atomic E-state index is 6.28. The topological polar surface area (TPSA) is 43.4 Å². The third-order valence-corrected chi connectivity index (χ3v) is 3.77. The highest BCUT2D eigenvalue weighted by Gasteiger charge is 2.26. The van der Waals surface area contributed by atoms with Crippen LogP contribution in [0.1, 0.15) is 51.3 Å². The van der Waals surface area contributed by atoms with Crippen molar-refractivity contribution in [1.82, 2.24) is 10.3 Å². The Bertz CT molecular complexity index is 440. The Hall–Kier alpha value is -1.13. The highest BCUT2D eigenvalue weighted by atomic mass is 16.5. The average Bonchev–Trinajstić information content (AvgIpc) is 2.40. The molecule has 4 heteroatoms. The second-order valence-corrected chi connectivity index (χ2v) is 6.08. The number of nitrogens with zero attached hydrogens (tertiary/aromatic N) is 1. The summed E-state index contributed by atoms with van der Waals surface area (Å²) < 4.78 is 12.1. The molecule has 21 heavy (non-hydrogen) atoms. The molecule has 2 unspecified atom stereocenters. The van der Waals surface area contributed by atoms with Crippen molar-refractivity contribution < 1.29 is 9.47 Å². The van der Waals surface area contributed by atoms with Crippen LogP contribution in [-0.4, -0.2) is 29.8 Å². The molecule has 1 aromatic rings. The van der Waals surface area contributed by atoms with Gasteiger partial charge in [0.1, 0.15) is 11.9 Å². The lowest BCUT2D eigenvalue weighted by molar-refractivity contribution is -0.0723. The second kappa shape index (κ2) is 7.76. The molecule has 1 aliphatic rings. The molecule has 0 bridgehead atoms. The van der Waals surface area contributed by atoms with Gasteiger partial charge in [0.05, 0.1) is 12.2 Å². The monoisotopic (exact) mass is 292 g/mol. The minimum absolute atomic E-state index is 0.232. The van der Waals surface area contributed by atoms with E-state index >= 15 is 0 Å². The van der Waals surface area contributed by atoms with Gasteiger partial charge >= 0.3 is 0 Å². The van der Waals surface area contributed by atoms with Crippen LogP contribution in [0, 0.1) is 6.92 Å². The number of nitrogens with one attached hydrogen (secondary N) is 1. The lowest BCUT2D eigenvalue weighted by Gasteiger charge is -2.32. The van der Waals surface area contributed by atoms with Crippen molar-refractivity contribution in [3.63, 3.8) is 0 Å². The van der Waals surface area contributed by atoms with E-state index in [0.29, 0.717) is 0 Å². The number of ether oxygens (including phenoxy) is 2. The van der Waals surface area contributed by atoms with Crippen molar-refractivity contribution in [1.29, 1.82) is 0 Å². The fourth-order valence-electron chi connectivity index (χ4n) is 2.83. The van der Waals surface area contributed by atoms with Crippen molar-refractivity contribution in [3.05, 3.63) is 23.5 Å². The Balaban J connectivity index is 2.04. The highest BCUT2D eigenvalue weighted by molar-refractivity contribution is 5.33. The number of rotatable bonds is 6. The Labute approximate surface area is 128 Å². The summed E-state index contributed by atoms with van der Waals surface area (Å²) in [6, 6.07) is 2.05. The van der Waals surface area contributed by atoms with Gasteiger partial charge in [-0.15, -0.1) is 0 Å². The molecule has 1 N–H and O–H groups in total. The minimum Gasteiger partial charge on any atom is -0.490 e. The lowest BCUT2D eigenvalue weighted by atomic mass is 10.0. The Morgan fingerprint density at radius 2 is 2.05 bits per heavy atom. The molecule has 0 spiro atoms. The molecule has 1 saturated heterocycles. The van der Waals surface area contributed by atoms with Gasteiger partial charge in [-0.1, -0.05) is 6.92 Å². The van der Waals surface area contributed by atoms with Gasteiger partial charge in [-0.2, -0.15) is 0 Å². The van der Waals surface area contributed by atoms with Gasteiger partial charge in [0.25, 0.3) is 0 Å². The van der Waals surface area contributed by atoms with E-state index in [1.165, 1.54) is 0 Å². The summed E-state index contributed by atoms with van der Waals surface area (Å²) in [6.07, 6.45) is 5.73. The molecule has 1 fully saturated rings. The Kier molecular flexibility index (Phi) is 6.00. The normalized spacial score (nSPS) is 25.8. The summed E-state index contributed by atoms with van der Waals surface area (Å²) in [5, 5.41) is 3.42. The van der Waals surface area contributed by atoms with E-state index in [0.717, 1.165) is 49.4 Å². The van der Waals surface area contributed by atoms with Crippen molar-refractivity contribution in [2.24, 2.45) is 0 Å². The predicted octanol–water partition coefficient (Wildman–Crippen LogP) is 3.22. The summed E-state index contributed by atoms with van der Waals surface area (Å²) in [6.45, 7) is 10.2. The molecule has 1 aromatic heterocycles. The summed E-state index contributed by atoms with van der Waals surface area (Å²) in [5.74, 6) is 0.970. The molecule has 118 valence electrons. The van der Waals surface area contributed by atoms with Crippen molar-refractivity contribution in [3.8, 4) is 5.75 Å². The van der Waals surface area contributed by atoms with Gasteiger partial charge in [-0.05, 0) is 33.7 Å². The summed E-state index contributed by atoms with van der Waals surface area (Å²) >= 11 is 0. The number of pyridine rings is 1. The predicted molar refractivity (Wildman–Crippen MR) is 84.6 cm³/mol. The summed E-state index contributed by atoms with van der Waals surface area (Å²) in [4.78, 5) is 4.40. The van der Waals surface area contributed by atoms with Gasteiger partial charge in [-0.3, -0.25) is 4.98 Å². The van der Waals surface area contributed by atoms with Crippen LogP contribution in [0.3, 0.4) is 0 Å². The maximum Gasteiger partial charge on any atom is 0.127 e. The van der Waals surface area contributed by atoms with Gasteiger partial charge in [0.2, 0.25) is 0 Å². The first-order chi connectivity index (χ1) is 10.1. The van der Waals surface area contributed by atoms with Crippen molar-refractivity contribution in [2.45, 2.75) is 71.8 Å². The Morgan fingerprint density at radius 3 is 2.71 bits per heavy atom. The fraction of sp³-hybridized carbons (Fsp3) is 0.706. The van der Waals surface area contributed by atoms with E-state index in [1.807, 2.05) is 19.2 Å². The smallest absolute Gasteiger partial charge is 0.127 e. The van der Waals surface area contributed by atoms with E-state index in [4.69, 9.17) is 9.47 Å². The van der Waals surface area contributed by atoms with Gasteiger partial charge in [0.15, 0.2) is 0 Å². The van der Waals surface area contributed by atoms with E-state index < -0.39 is 0 Å². The van der Waals surface area contributed by atoms with E-state index in [-0.39, 0.29) is 18.3 Å². The quantitative estimate of drug-likeness (QED) is 0.818. The zero-order chi connectivity index (χ0) is 15.2. The maximum atomic E-state index is 6.28. The van der Waals surface area contributed by atoms with Crippen LogP contribution in [0.15, 0.2) is 12.3 Å². The SMILES string of the molecule is CCCNCc1cnc(C)cc1OC1CC(C)OC(C)C1. The van der Waals surface area contributed by atoms with Crippen LogP contribution in [-0.2, 0) is 11.3 Å². The molecule has 4 nitrogen and oxygen atoms in total. The van der Waals surface area contributed by atoms with Crippen LogP contribution in [0.25, 0.3) is 0 Å². The fourth-order valence-corrected chi connectivity index (χ4v) is 2.83. The molecule has 1 aliphatic heterocycles. The first kappa shape index (κ1) is 16.2. The molecule has 0 radical (unpaired) electrons. The van der Waals surface area contributed by atoms with Gasteiger partial charge in [0, 0.05) is 42.9 Å². The minimum atomic E-state index is 0.232. The Morgan fingerprint density at radius 1 is 1.33 bits per heavy atom. The van der Waals surface area contributed by atoms with Crippen LogP contribution in [0.5, 0.6) is 5.75 Å². The molecule has 2 atom stereocenters. The summed E-state index contributed by atoms with van der Waals surface area (Å²) in [7, 11) is 0. The first-order valence-electron chi connectivity index (χ1n) is 8.06. The zero-order valence-electron chi connectivity index (χ0n) is 13.7. The number of hydrogen-bond acceptors (Lipinski definition) is 4. The van der Waals surface area contributed by atoms with Gasteiger partial charge < -0.3 is 14.8 Å². The van der Waals surface area contributed by atoms with E-state index in [2.05, 4.69) is 31.1 Å². The lowest BCUT2D eigenvalue weighted by Crippen LogP contribution is -2.36. The third kappa shape index (κ3) is 4.97. The van der Waals surface area contributed by atoms with Crippen LogP contribution >= 0.6 is 0 Å². The molecule has 0 saturated carbocycles. The zero-order valence-corrected chi connectivity index (χ0v) is 13.7. The van der Waals surface area contributed by atoms with Crippen LogP contribution in [0.2, 0.25) is 0 Å². The first-order valence-corrected chi connectivity index (χ1v) is 8.06. The molecular weight excluding hydrogens is 264 g/mol. The van der Waals surface area contributed by atoms with Crippen LogP contribution < -0.4 is 10.1 Å². The molecule has 0 aliphatic carbocycles. The molecule has 2 heterocycles. The second-order valence-electron chi connectivity index (χ2n) is 6.08. The average molecular weight is 292 g/mol. The van der Waals surface area contributed by atoms with Crippen LogP contribution in [0.4, 0.5) is 0 Å². The molecular formula is C17H28N2O2. The summed E-state index contributed by atoms with van der Waals surface area (Å²) in [5.41, 5.74) is 2.14. The highest BCUT2D eigenvalue weighted by Crippen LogP contribution is 2.26. The van der Waals surface area contributed by atoms with E-state index in [9.17, 15) is 0 Å². The molecule has 0 amide bonds. The van der Waals surface area contributed by atoms with Gasteiger partial charge in [-0.25, -0.2) is 0 Å². The molecule has 0 aromatic carbocycles.